The third-order valence-electron chi connectivity index (χ3n) is 4.88. The molecule has 0 N–H and O–H groups in total. The Morgan fingerprint density at radius 1 is 0.885 bits per heavy atom. The minimum Gasteiger partial charge on any atom is -0.462 e. The molecule has 4 nitrogen and oxygen atoms in total. The van der Waals surface area contributed by atoms with E-state index in [4.69, 9.17) is 9.47 Å². The summed E-state index contributed by atoms with van der Waals surface area (Å²) in [6.07, 6.45) is 9.56. The van der Waals surface area contributed by atoms with Crippen LogP contribution in [-0.4, -0.2) is 25.2 Å². The van der Waals surface area contributed by atoms with Gasteiger partial charge in [-0.2, -0.15) is 0 Å². The fourth-order valence-electron chi connectivity index (χ4n) is 3.42. The lowest BCUT2D eigenvalue weighted by molar-refractivity contribution is -0.143. The number of hydrogen-bond donors (Lipinski definition) is 0. The molecule has 0 aliphatic heterocycles. The van der Waals surface area contributed by atoms with Crippen LogP contribution in [0, 0.1) is 11.8 Å². The maximum absolute atomic E-state index is 12.9. The Kier molecular flexibility index (Phi) is 11.3. The monoisotopic (exact) mass is 366 g/mol. The Hall–Kier alpha value is -1.32. The molecule has 0 heterocycles. The predicted octanol–water partition coefficient (Wildman–Crippen LogP) is 5.60. The van der Waals surface area contributed by atoms with Crippen LogP contribution < -0.4 is 0 Å². The summed E-state index contributed by atoms with van der Waals surface area (Å²) in [5.74, 6) is -0.204. The van der Waals surface area contributed by atoms with E-state index in [1.54, 1.807) is 0 Å². The number of rotatable bonds is 11. The van der Waals surface area contributed by atoms with Gasteiger partial charge in [-0.1, -0.05) is 59.8 Å². The first-order valence-electron chi connectivity index (χ1n) is 10.6. The highest BCUT2D eigenvalue weighted by Gasteiger charge is 2.31. The second-order valence-electron chi connectivity index (χ2n) is 7.80. The van der Waals surface area contributed by atoms with Crippen LogP contribution in [0.4, 0.5) is 0 Å². The smallest absolute Gasteiger partial charge is 0.334 e. The Labute approximate surface area is 159 Å². The van der Waals surface area contributed by atoms with Gasteiger partial charge in [-0.25, -0.2) is 9.59 Å². The summed E-state index contributed by atoms with van der Waals surface area (Å²) in [5.41, 5.74) is 1.17. The molecule has 1 rings (SSSR count). The van der Waals surface area contributed by atoms with Crippen molar-refractivity contribution in [1.29, 1.82) is 0 Å². The van der Waals surface area contributed by atoms with Gasteiger partial charge in [-0.05, 0) is 43.9 Å². The average Bonchev–Trinajstić information content (AvgIpc) is 2.62. The van der Waals surface area contributed by atoms with Crippen molar-refractivity contribution in [2.45, 2.75) is 91.9 Å². The van der Waals surface area contributed by atoms with Gasteiger partial charge in [0.25, 0.3) is 0 Å². The normalized spacial score (nSPS) is 16.3. The van der Waals surface area contributed by atoms with Gasteiger partial charge in [0.05, 0.1) is 18.8 Å². The number of hydrogen-bond acceptors (Lipinski definition) is 4. The van der Waals surface area contributed by atoms with E-state index in [0.717, 1.165) is 51.4 Å². The SMILES string of the molecule is CCCCOC(=O)/C(CC(C)C)=C(\C(=O)OCCCC)C1CCCCC1. The largest absolute Gasteiger partial charge is 0.462 e. The van der Waals surface area contributed by atoms with Crippen molar-refractivity contribution >= 4 is 11.9 Å². The van der Waals surface area contributed by atoms with E-state index in [-0.39, 0.29) is 23.8 Å². The molecule has 1 aliphatic rings. The van der Waals surface area contributed by atoms with E-state index in [2.05, 4.69) is 27.7 Å². The molecule has 0 saturated heterocycles. The van der Waals surface area contributed by atoms with E-state index in [0.29, 0.717) is 30.8 Å². The summed E-state index contributed by atoms with van der Waals surface area (Å²) in [6.45, 7) is 9.11. The van der Waals surface area contributed by atoms with E-state index >= 15 is 0 Å². The lowest BCUT2D eigenvalue weighted by Gasteiger charge is -2.26. The van der Waals surface area contributed by atoms with Gasteiger partial charge in [0.1, 0.15) is 0 Å². The highest BCUT2D eigenvalue weighted by Crippen LogP contribution is 2.34. The van der Waals surface area contributed by atoms with Crippen LogP contribution >= 0.6 is 0 Å². The van der Waals surface area contributed by atoms with Crippen LogP contribution in [0.3, 0.4) is 0 Å². The third-order valence-corrected chi connectivity index (χ3v) is 4.88. The molecule has 0 amide bonds. The van der Waals surface area contributed by atoms with Crippen molar-refractivity contribution in [2.24, 2.45) is 11.8 Å². The van der Waals surface area contributed by atoms with Crippen LogP contribution in [-0.2, 0) is 19.1 Å². The molecule has 0 radical (unpaired) electrons. The molecular formula is C22H38O4. The predicted molar refractivity (Wildman–Crippen MR) is 105 cm³/mol. The van der Waals surface area contributed by atoms with Crippen LogP contribution in [0.5, 0.6) is 0 Å². The van der Waals surface area contributed by atoms with Crippen molar-refractivity contribution in [3.05, 3.63) is 11.1 Å². The second kappa shape index (κ2) is 12.9. The van der Waals surface area contributed by atoms with Crippen molar-refractivity contribution in [3.8, 4) is 0 Å². The maximum atomic E-state index is 12.9. The molecule has 26 heavy (non-hydrogen) atoms. The van der Waals surface area contributed by atoms with Crippen LogP contribution in [0.25, 0.3) is 0 Å². The summed E-state index contributed by atoms with van der Waals surface area (Å²) in [7, 11) is 0. The zero-order chi connectivity index (χ0) is 19.4. The van der Waals surface area contributed by atoms with Crippen molar-refractivity contribution in [2.75, 3.05) is 13.2 Å². The molecule has 150 valence electrons. The quantitative estimate of drug-likeness (QED) is 0.271. The third kappa shape index (κ3) is 7.92. The molecule has 1 aliphatic carbocycles. The number of unbranched alkanes of at least 4 members (excludes halogenated alkanes) is 2. The molecule has 1 fully saturated rings. The van der Waals surface area contributed by atoms with Crippen molar-refractivity contribution in [1.82, 2.24) is 0 Å². The Balaban J connectivity index is 3.11. The van der Waals surface area contributed by atoms with Gasteiger partial charge in [-0.15, -0.1) is 0 Å². The number of carbonyl (C=O) groups is 2. The minimum absolute atomic E-state index is 0.130. The first kappa shape index (κ1) is 22.7. The van der Waals surface area contributed by atoms with Gasteiger partial charge in [-0.3, -0.25) is 0 Å². The van der Waals surface area contributed by atoms with Gasteiger partial charge in [0.15, 0.2) is 0 Å². The van der Waals surface area contributed by atoms with Crippen molar-refractivity contribution in [3.63, 3.8) is 0 Å². The van der Waals surface area contributed by atoms with E-state index in [1.807, 2.05) is 0 Å². The number of ether oxygens (including phenoxy) is 2. The highest BCUT2D eigenvalue weighted by atomic mass is 16.5. The van der Waals surface area contributed by atoms with Crippen molar-refractivity contribution < 1.29 is 19.1 Å². The van der Waals surface area contributed by atoms with E-state index in [9.17, 15) is 9.59 Å². The lowest BCUT2D eigenvalue weighted by Crippen LogP contribution is -2.25. The van der Waals surface area contributed by atoms with Crippen LogP contribution in [0.2, 0.25) is 0 Å². The molecule has 0 atom stereocenters. The summed E-state index contributed by atoms with van der Waals surface area (Å²) < 4.78 is 11.0. The maximum Gasteiger partial charge on any atom is 0.334 e. The summed E-state index contributed by atoms with van der Waals surface area (Å²) >= 11 is 0. The Bertz CT molecular complexity index is 459. The summed E-state index contributed by atoms with van der Waals surface area (Å²) in [4.78, 5) is 25.7. The number of esters is 2. The Morgan fingerprint density at radius 3 is 1.92 bits per heavy atom. The standard InChI is InChI=1S/C22H38O4/c1-5-7-14-25-21(23)19(16-17(3)4)20(18-12-10-9-11-13-18)22(24)26-15-8-6-2/h17-18H,5-16H2,1-4H3/b20-19-. The molecule has 0 spiro atoms. The summed E-state index contributed by atoms with van der Waals surface area (Å²) in [6, 6.07) is 0. The van der Waals surface area contributed by atoms with Gasteiger partial charge >= 0.3 is 11.9 Å². The van der Waals surface area contributed by atoms with E-state index in [1.165, 1.54) is 6.42 Å². The zero-order valence-corrected chi connectivity index (χ0v) is 17.3. The molecular weight excluding hydrogens is 328 g/mol. The highest BCUT2D eigenvalue weighted by molar-refractivity contribution is 6.00. The zero-order valence-electron chi connectivity index (χ0n) is 17.3. The molecule has 1 saturated carbocycles. The molecule has 0 unspecified atom stereocenters. The minimum atomic E-state index is -0.319. The lowest BCUT2D eigenvalue weighted by atomic mass is 9.80. The van der Waals surface area contributed by atoms with Crippen LogP contribution in [0.15, 0.2) is 11.1 Å². The van der Waals surface area contributed by atoms with E-state index < -0.39 is 0 Å². The number of carbonyl (C=O) groups excluding carboxylic acids is 2. The average molecular weight is 367 g/mol. The first-order valence-corrected chi connectivity index (χ1v) is 10.6. The fraction of sp³-hybridized carbons (Fsp3) is 0.818. The summed E-state index contributed by atoms with van der Waals surface area (Å²) in [5, 5.41) is 0. The molecule has 4 heteroatoms. The molecule has 0 aromatic rings. The van der Waals surface area contributed by atoms with Gasteiger partial charge in [0.2, 0.25) is 0 Å². The molecule has 0 aromatic heterocycles. The van der Waals surface area contributed by atoms with Gasteiger partial charge < -0.3 is 9.47 Å². The first-order chi connectivity index (χ1) is 12.5. The van der Waals surface area contributed by atoms with Crippen LogP contribution in [0.1, 0.15) is 91.9 Å². The fourth-order valence-corrected chi connectivity index (χ4v) is 3.42. The van der Waals surface area contributed by atoms with Gasteiger partial charge in [0, 0.05) is 5.57 Å². The Morgan fingerprint density at radius 2 is 1.42 bits per heavy atom. The molecule has 0 bridgehead atoms. The second-order valence-corrected chi connectivity index (χ2v) is 7.80. The topological polar surface area (TPSA) is 52.6 Å². The molecule has 0 aromatic carbocycles.